The monoisotopic (exact) mass is 205 g/mol. The second-order valence-electron chi connectivity index (χ2n) is 3.95. The van der Waals surface area contributed by atoms with Gasteiger partial charge in [0.1, 0.15) is 0 Å². The van der Waals surface area contributed by atoms with Gasteiger partial charge < -0.3 is 5.73 Å². The number of hydrogen-bond donors (Lipinski definition) is 1. The Bertz CT molecular complexity index is 333. The Kier molecular flexibility index (Phi) is 4.50. The molecule has 0 aromatic heterocycles. The number of carbonyl (C=O) groups excluding carboxylic acids is 1. The van der Waals surface area contributed by atoms with Crippen molar-refractivity contribution in [2.75, 3.05) is 6.54 Å². The van der Waals surface area contributed by atoms with Crippen molar-refractivity contribution in [3.8, 4) is 0 Å². The molecule has 1 unspecified atom stereocenters. The molecule has 2 heteroatoms. The van der Waals surface area contributed by atoms with Crippen molar-refractivity contribution in [2.45, 2.75) is 26.7 Å². The fraction of sp³-hybridized carbons (Fsp3) is 0.462. The normalized spacial score (nSPS) is 12.5. The topological polar surface area (TPSA) is 43.1 Å². The van der Waals surface area contributed by atoms with Crippen molar-refractivity contribution in [3.63, 3.8) is 0 Å². The first-order chi connectivity index (χ1) is 7.19. The number of carbonyl (C=O) groups is 1. The summed E-state index contributed by atoms with van der Waals surface area (Å²) < 4.78 is 0. The first-order valence-corrected chi connectivity index (χ1v) is 5.52. The van der Waals surface area contributed by atoms with Crippen LogP contribution >= 0.6 is 0 Å². The van der Waals surface area contributed by atoms with E-state index in [2.05, 4.69) is 13.0 Å². The molecule has 1 aromatic carbocycles. The lowest BCUT2D eigenvalue weighted by molar-refractivity contribution is 0.0934. The minimum atomic E-state index is -0.0816. The van der Waals surface area contributed by atoms with Crippen molar-refractivity contribution >= 4 is 5.78 Å². The fourth-order valence-corrected chi connectivity index (χ4v) is 1.56. The summed E-state index contributed by atoms with van der Waals surface area (Å²) in [5.74, 6) is 0.0670. The van der Waals surface area contributed by atoms with Crippen LogP contribution in [0.25, 0.3) is 0 Å². The van der Waals surface area contributed by atoms with Gasteiger partial charge in [0.05, 0.1) is 0 Å². The molecule has 0 spiro atoms. The number of nitrogens with two attached hydrogens (primary N) is 1. The van der Waals surface area contributed by atoms with Crippen molar-refractivity contribution in [3.05, 3.63) is 35.4 Å². The molecule has 15 heavy (non-hydrogen) atoms. The SMILES string of the molecule is CCCc1cccc(C(=O)C(C)CN)c1. The second kappa shape index (κ2) is 5.66. The van der Waals surface area contributed by atoms with Crippen LogP contribution in [-0.2, 0) is 6.42 Å². The first kappa shape index (κ1) is 11.9. The van der Waals surface area contributed by atoms with Crippen LogP contribution in [0.4, 0.5) is 0 Å². The quantitative estimate of drug-likeness (QED) is 0.750. The highest BCUT2D eigenvalue weighted by Crippen LogP contribution is 2.11. The van der Waals surface area contributed by atoms with Crippen molar-refractivity contribution in [1.29, 1.82) is 0 Å². The molecule has 0 heterocycles. The molecule has 0 radical (unpaired) electrons. The predicted molar refractivity (Wildman–Crippen MR) is 63.0 cm³/mol. The van der Waals surface area contributed by atoms with E-state index in [0.29, 0.717) is 6.54 Å². The molecule has 0 amide bonds. The highest BCUT2D eigenvalue weighted by molar-refractivity contribution is 5.97. The van der Waals surface area contributed by atoms with Crippen molar-refractivity contribution in [1.82, 2.24) is 0 Å². The molecule has 0 aliphatic carbocycles. The third-order valence-electron chi connectivity index (χ3n) is 2.55. The summed E-state index contributed by atoms with van der Waals surface area (Å²) in [4.78, 5) is 11.9. The number of hydrogen-bond acceptors (Lipinski definition) is 2. The van der Waals surface area contributed by atoms with E-state index in [0.717, 1.165) is 18.4 Å². The Balaban J connectivity index is 2.85. The Hall–Kier alpha value is -1.15. The van der Waals surface area contributed by atoms with Gasteiger partial charge in [0, 0.05) is 18.0 Å². The van der Waals surface area contributed by atoms with Gasteiger partial charge in [-0.1, -0.05) is 38.5 Å². The molecule has 1 aromatic rings. The van der Waals surface area contributed by atoms with Crippen LogP contribution in [0.15, 0.2) is 24.3 Å². The minimum absolute atomic E-state index is 0.0816. The molecule has 0 aliphatic heterocycles. The van der Waals surface area contributed by atoms with Gasteiger partial charge in [-0.2, -0.15) is 0 Å². The molecule has 1 atom stereocenters. The van der Waals surface area contributed by atoms with Gasteiger partial charge in [0.2, 0.25) is 0 Å². The average molecular weight is 205 g/mol. The molecular weight excluding hydrogens is 186 g/mol. The highest BCUT2D eigenvalue weighted by atomic mass is 16.1. The van der Waals surface area contributed by atoms with Crippen LogP contribution in [0.3, 0.4) is 0 Å². The lowest BCUT2D eigenvalue weighted by Gasteiger charge is -2.08. The maximum atomic E-state index is 11.9. The maximum absolute atomic E-state index is 11.9. The van der Waals surface area contributed by atoms with Crippen molar-refractivity contribution < 1.29 is 4.79 Å². The third kappa shape index (κ3) is 3.17. The van der Waals surface area contributed by atoms with Crippen LogP contribution in [0.2, 0.25) is 0 Å². The Labute approximate surface area is 91.5 Å². The van der Waals surface area contributed by atoms with E-state index in [1.54, 1.807) is 0 Å². The zero-order valence-electron chi connectivity index (χ0n) is 9.49. The number of benzene rings is 1. The van der Waals surface area contributed by atoms with Crippen LogP contribution in [0.1, 0.15) is 36.2 Å². The molecule has 0 saturated heterocycles. The average Bonchev–Trinajstić information content (AvgIpc) is 2.28. The number of rotatable bonds is 5. The number of ketones is 1. The molecule has 0 saturated carbocycles. The molecular formula is C13H19NO. The Morgan fingerprint density at radius 1 is 1.47 bits per heavy atom. The van der Waals surface area contributed by atoms with E-state index in [1.165, 1.54) is 5.56 Å². The number of aryl methyl sites for hydroxylation is 1. The minimum Gasteiger partial charge on any atom is -0.330 e. The van der Waals surface area contributed by atoms with Crippen molar-refractivity contribution in [2.24, 2.45) is 11.7 Å². The summed E-state index contributed by atoms with van der Waals surface area (Å²) in [7, 11) is 0. The fourth-order valence-electron chi connectivity index (χ4n) is 1.56. The smallest absolute Gasteiger partial charge is 0.166 e. The molecule has 1 rings (SSSR count). The Morgan fingerprint density at radius 2 is 2.20 bits per heavy atom. The van der Waals surface area contributed by atoms with Gasteiger partial charge in [0.15, 0.2) is 5.78 Å². The summed E-state index contributed by atoms with van der Waals surface area (Å²) in [5.41, 5.74) is 7.51. The van der Waals surface area contributed by atoms with Crippen LogP contribution in [0.5, 0.6) is 0 Å². The van der Waals surface area contributed by atoms with Gasteiger partial charge in [-0.05, 0) is 18.1 Å². The molecule has 0 fully saturated rings. The second-order valence-corrected chi connectivity index (χ2v) is 3.95. The zero-order chi connectivity index (χ0) is 11.3. The maximum Gasteiger partial charge on any atom is 0.166 e. The summed E-state index contributed by atoms with van der Waals surface area (Å²) in [6.07, 6.45) is 2.13. The standard InChI is InChI=1S/C13H19NO/c1-3-5-11-6-4-7-12(8-11)13(15)10(2)9-14/h4,6-8,10H,3,5,9,14H2,1-2H3. The van der Waals surface area contributed by atoms with Gasteiger partial charge in [-0.15, -0.1) is 0 Å². The Morgan fingerprint density at radius 3 is 2.80 bits per heavy atom. The van der Waals surface area contributed by atoms with Gasteiger partial charge >= 0.3 is 0 Å². The summed E-state index contributed by atoms with van der Waals surface area (Å²) >= 11 is 0. The summed E-state index contributed by atoms with van der Waals surface area (Å²) in [6, 6.07) is 7.86. The van der Waals surface area contributed by atoms with E-state index in [-0.39, 0.29) is 11.7 Å². The lowest BCUT2D eigenvalue weighted by atomic mass is 9.97. The summed E-state index contributed by atoms with van der Waals surface area (Å²) in [6.45, 7) is 4.42. The van der Waals surface area contributed by atoms with E-state index >= 15 is 0 Å². The van der Waals surface area contributed by atoms with Gasteiger partial charge in [-0.3, -0.25) is 4.79 Å². The van der Waals surface area contributed by atoms with E-state index in [4.69, 9.17) is 5.73 Å². The van der Waals surface area contributed by atoms with E-state index < -0.39 is 0 Å². The molecule has 0 aliphatic rings. The largest absolute Gasteiger partial charge is 0.330 e. The highest BCUT2D eigenvalue weighted by Gasteiger charge is 2.13. The lowest BCUT2D eigenvalue weighted by Crippen LogP contribution is -2.20. The zero-order valence-corrected chi connectivity index (χ0v) is 9.49. The van der Waals surface area contributed by atoms with Crippen LogP contribution < -0.4 is 5.73 Å². The molecule has 2 N–H and O–H groups in total. The van der Waals surface area contributed by atoms with E-state index in [9.17, 15) is 4.79 Å². The molecule has 2 nitrogen and oxygen atoms in total. The predicted octanol–water partition coefficient (Wildman–Crippen LogP) is 2.42. The van der Waals surface area contributed by atoms with Crippen LogP contribution in [0, 0.1) is 5.92 Å². The molecule has 82 valence electrons. The summed E-state index contributed by atoms with van der Waals surface area (Å²) in [5, 5.41) is 0. The van der Waals surface area contributed by atoms with E-state index in [1.807, 2.05) is 25.1 Å². The molecule has 0 bridgehead atoms. The van der Waals surface area contributed by atoms with Gasteiger partial charge in [-0.25, -0.2) is 0 Å². The van der Waals surface area contributed by atoms with Crippen LogP contribution in [-0.4, -0.2) is 12.3 Å². The van der Waals surface area contributed by atoms with Gasteiger partial charge in [0.25, 0.3) is 0 Å². The number of Topliss-reactive ketones (excluding diaryl/α,β-unsaturated/α-hetero) is 1. The third-order valence-corrected chi connectivity index (χ3v) is 2.55. The first-order valence-electron chi connectivity index (χ1n) is 5.52.